The number of benzene rings is 4. The van der Waals surface area contributed by atoms with Crippen LogP contribution in [0.1, 0.15) is 11.1 Å². The Morgan fingerprint density at radius 1 is 0.500 bits per heavy atom. The van der Waals surface area contributed by atoms with Gasteiger partial charge in [-0.15, -0.1) is 0 Å². The number of hydrogen-bond acceptors (Lipinski definition) is 2. The van der Waals surface area contributed by atoms with Crippen LogP contribution in [0.15, 0.2) is 110 Å². The van der Waals surface area contributed by atoms with Gasteiger partial charge in [0, 0.05) is 22.5 Å². The molecular weight excluding hydrogens is 416 g/mol. The first-order chi connectivity index (χ1) is 16.7. The van der Waals surface area contributed by atoms with E-state index in [1.54, 1.807) is 0 Å². The van der Waals surface area contributed by atoms with E-state index < -0.39 is 0 Å². The highest BCUT2D eigenvalue weighted by molar-refractivity contribution is 5.87. The monoisotopic (exact) mass is 440 g/mol. The second-order valence-electron chi connectivity index (χ2n) is 8.75. The van der Waals surface area contributed by atoms with Crippen molar-refractivity contribution in [3.63, 3.8) is 0 Å². The van der Waals surface area contributed by atoms with E-state index in [9.17, 15) is 0 Å². The highest BCUT2D eigenvalue weighted by atomic mass is 15.1. The zero-order chi connectivity index (χ0) is 23.1. The molecule has 0 bridgehead atoms. The Bertz CT molecular complexity index is 1480. The van der Waals surface area contributed by atoms with E-state index in [0.29, 0.717) is 0 Å². The van der Waals surface area contributed by atoms with Crippen LogP contribution >= 0.6 is 0 Å². The van der Waals surface area contributed by atoms with Crippen molar-refractivity contribution < 1.29 is 0 Å². The molecule has 0 aliphatic heterocycles. The number of nitrogens with zero attached hydrogens (tertiary/aromatic N) is 4. The van der Waals surface area contributed by atoms with Crippen molar-refractivity contribution in [2.75, 3.05) is 0 Å². The van der Waals surface area contributed by atoms with E-state index in [1.165, 1.54) is 21.9 Å². The molecule has 2 heterocycles. The van der Waals surface area contributed by atoms with Crippen molar-refractivity contribution in [1.82, 2.24) is 19.1 Å². The smallest absolute Gasteiger partial charge is 0.0997 e. The summed E-state index contributed by atoms with van der Waals surface area (Å²) in [5, 5.41) is 2.36. The number of imidazole rings is 2. The van der Waals surface area contributed by atoms with Crippen LogP contribution in [-0.2, 0) is 0 Å². The molecule has 4 nitrogen and oxygen atoms in total. The summed E-state index contributed by atoms with van der Waals surface area (Å²) >= 11 is 0. The van der Waals surface area contributed by atoms with Gasteiger partial charge >= 0.3 is 0 Å². The molecular formula is C30H24N4. The standard InChI is InChI=1S/C30H24N4/c1-21-3-7-23(8-4-21)29-17-31-19-33(29)27-13-11-26-16-28(14-12-25(26)15-27)34-20-32-18-30(34)24-9-5-22(2)6-10-24/h3-20H,1-2H3. The lowest BCUT2D eigenvalue weighted by Gasteiger charge is -2.12. The fraction of sp³-hybridized carbons (Fsp3) is 0.0667. The summed E-state index contributed by atoms with van der Waals surface area (Å²) in [7, 11) is 0. The molecule has 0 atom stereocenters. The summed E-state index contributed by atoms with van der Waals surface area (Å²) in [6.45, 7) is 4.21. The summed E-state index contributed by atoms with van der Waals surface area (Å²) in [4.78, 5) is 8.84. The van der Waals surface area contributed by atoms with E-state index in [4.69, 9.17) is 0 Å². The van der Waals surface area contributed by atoms with Crippen LogP contribution in [0.3, 0.4) is 0 Å². The molecule has 4 heteroatoms. The third kappa shape index (κ3) is 3.59. The van der Waals surface area contributed by atoms with E-state index >= 15 is 0 Å². The lowest BCUT2D eigenvalue weighted by Crippen LogP contribution is -1.97. The van der Waals surface area contributed by atoms with E-state index in [0.717, 1.165) is 33.9 Å². The molecule has 2 aromatic heterocycles. The van der Waals surface area contributed by atoms with Crippen LogP contribution in [0.4, 0.5) is 0 Å². The Labute approximate surface area is 198 Å². The van der Waals surface area contributed by atoms with Gasteiger partial charge in [-0.25, -0.2) is 9.97 Å². The number of hydrogen-bond donors (Lipinski definition) is 0. The quantitative estimate of drug-likeness (QED) is 0.291. The van der Waals surface area contributed by atoms with Gasteiger partial charge in [-0.05, 0) is 48.9 Å². The van der Waals surface area contributed by atoms with E-state index in [-0.39, 0.29) is 0 Å². The minimum atomic E-state index is 1.08. The Morgan fingerprint density at radius 3 is 1.32 bits per heavy atom. The minimum absolute atomic E-state index is 1.08. The van der Waals surface area contributed by atoms with Gasteiger partial charge in [-0.2, -0.15) is 0 Å². The number of rotatable bonds is 4. The molecule has 0 saturated carbocycles. The van der Waals surface area contributed by atoms with Crippen LogP contribution in [0.2, 0.25) is 0 Å². The van der Waals surface area contributed by atoms with Gasteiger partial charge < -0.3 is 0 Å². The molecule has 0 spiro atoms. The molecule has 6 rings (SSSR count). The predicted molar refractivity (Wildman–Crippen MR) is 139 cm³/mol. The van der Waals surface area contributed by atoms with Crippen molar-refractivity contribution in [3.8, 4) is 33.9 Å². The first kappa shape index (κ1) is 20.2. The Kier molecular flexibility index (Phi) is 4.84. The Morgan fingerprint density at radius 2 is 0.912 bits per heavy atom. The van der Waals surface area contributed by atoms with Crippen LogP contribution in [0, 0.1) is 13.8 Å². The third-order valence-corrected chi connectivity index (χ3v) is 6.34. The van der Waals surface area contributed by atoms with Crippen LogP contribution in [0.5, 0.6) is 0 Å². The highest BCUT2D eigenvalue weighted by Gasteiger charge is 2.10. The molecule has 0 aliphatic rings. The molecule has 4 aromatic carbocycles. The normalized spacial score (nSPS) is 11.2. The third-order valence-electron chi connectivity index (χ3n) is 6.34. The fourth-order valence-corrected chi connectivity index (χ4v) is 4.40. The average molecular weight is 441 g/mol. The van der Waals surface area contributed by atoms with Crippen LogP contribution in [-0.4, -0.2) is 19.1 Å². The van der Waals surface area contributed by atoms with Crippen LogP contribution < -0.4 is 0 Å². The summed E-state index contributed by atoms with van der Waals surface area (Å²) < 4.78 is 4.28. The minimum Gasteiger partial charge on any atom is -0.299 e. The average Bonchev–Trinajstić information content (AvgIpc) is 3.55. The number of aromatic nitrogens is 4. The molecule has 164 valence electrons. The highest BCUT2D eigenvalue weighted by Crippen LogP contribution is 2.28. The van der Waals surface area contributed by atoms with Crippen molar-refractivity contribution in [1.29, 1.82) is 0 Å². The lowest BCUT2D eigenvalue weighted by molar-refractivity contribution is 1.06. The molecule has 0 aliphatic carbocycles. The van der Waals surface area contributed by atoms with Crippen molar-refractivity contribution in [2.24, 2.45) is 0 Å². The van der Waals surface area contributed by atoms with E-state index in [1.807, 2.05) is 25.0 Å². The Hall–Kier alpha value is -4.44. The van der Waals surface area contributed by atoms with Crippen molar-refractivity contribution in [2.45, 2.75) is 13.8 Å². The maximum absolute atomic E-state index is 4.42. The maximum atomic E-state index is 4.42. The molecule has 0 saturated heterocycles. The molecule has 0 unspecified atom stereocenters. The first-order valence-corrected chi connectivity index (χ1v) is 11.4. The number of fused-ring (bicyclic) bond motifs is 1. The predicted octanol–water partition coefficient (Wildman–Crippen LogP) is 7.16. The van der Waals surface area contributed by atoms with Gasteiger partial charge in [-0.1, -0.05) is 71.8 Å². The second-order valence-corrected chi connectivity index (χ2v) is 8.75. The van der Waals surface area contributed by atoms with Gasteiger partial charge in [0.1, 0.15) is 0 Å². The summed E-state index contributed by atoms with van der Waals surface area (Å²) in [5.74, 6) is 0. The van der Waals surface area contributed by atoms with Gasteiger partial charge in [-0.3, -0.25) is 9.13 Å². The zero-order valence-electron chi connectivity index (χ0n) is 19.2. The maximum Gasteiger partial charge on any atom is 0.0997 e. The van der Waals surface area contributed by atoms with Gasteiger partial charge in [0.25, 0.3) is 0 Å². The largest absolute Gasteiger partial charge is 0.299 e. The molecule has 0 radical (unpaired) electrons. The van der Waals surface area contributed by atoms with Gasteiger partial charge in [0.05, 0.1) is 36.4 Å². The van der Waals surface area contributed by atoms with Gasteiger partial charge in [0.15, 0.2) is 0 Å². The van der Waals surface area contributed by atoms with Crippen molar-refractivity contribution >= 4 is 10.8 Å². The molecule has 34 heavy (non-hydrogen) atoms. The number of aryl methyl sites for hydroxylation is 2. The van der Waals surface area contributed by atoms with Crippen molar-refractivity contribution in [3.05, 3.63) is 121 Å². The summed E-state index contributed by atoms with van der Waals surface area (Å²) in [6.07, 6.45) is 7.60. The first-order valence-electron chi connectivity index (χ1n) is 11.4. The van der Waals surface area contributed by atoms with Crippen LogP contribution in [0.25, 0.3) is 44.7 Å². The molecule has 0 fully saturated rings. The summed E-state index contributed by atoms with van der Waals surface area (Å²) in [6, 6.07) is 30.2. The molecule has 0 N–H and O–H groups in total. The summed E-state index contributed by atoms with van der Waals surface area (Å²) in [5.41, 5.74) is 9.16. The second kappa shape index (κ2) is 8.16. The lowest BCUT2D eigenvalue weighted by atomic mass is 10.1. The van der Waals surface area contributed by atoms with E-state index in [2.05, 4.69) is 118 Å². The topological polar surface area (TPSA) is 35.6 Å². The van der Waals surface area contributed by atoms with Gasteiger partial charge in [0.2, 0.25) is 0 Å². The molecule has 0 amide bonds. The molecule has 6 aromatic rings. The zero-order valence-corrected chi connectivity index (χ0v) is 19.2. The fourth-order valence-electron chi connectivity index (χ4n) is 4.40. The SMILES string of the molecule is Cc1ccc(-c2cncn2-c2ccc3cc(-n4cncc4-c4ccc(C)cc4)ccc3c2)cc1. The Balaban J connectivity index is 1.38.